The highest BCUT2D eigenvalue weighted by Crippen LogP contribution is 2.30. The molecule has 0 aliphatic carbocycles. The van der Waals surface area contributed by atoms with Gasteiger partial charge in [0.1, 0.15) is 17.5 Å². The highest BCUT2D eigenvalue weighted by molar-refractivity contribution is 6.33. The standard InChI is InChI=1S/C14H15ClN4O3/c1-22-9-2-3-10(11(15)5-9)13-7-19(18-17-13)8-4-12(14(20)21)16-6-8/h2-3,5,7-8,12,16H,4,6H2,1H3,(H,20,21)/t8-,12-/m0/s1. The molecule has 116 valence electrons. The number of carbonyl (C=O) groups is 1. The van der Waals surface area contributed by atoms with E-state index >= 15 is 0 Å². The molecule has 0 radical (unpaired) electrons. The van der Waals surface area contributed by atoms with Crippen LogP contribution in [0.5, 0.6) is 5.75 Å². The first-order chi connectivity index (χ1) is 10.6. The summed E-state index contributed by atoms with van der Waals surface area (Å²) in [6, 6.07) is 4.77. The number of hydrogen-bond donors (Lipinski definition) is 2. The van der Waals surface area contributed by atoms with Crippen LogP contribution >= 0.6 is 11.6 Å². The van der Waals surface area contributed by atoms with Crippen molar-refractivity contribution in [1.82, 2.24) is 20.3 Å². The third kappa shape index (κ3) is 2.77. The Balaban J connectivity index is 1.81. The van der Waals surface area contributed by atoms with Crippen LogP contribution in [0, 0.1) is 0 Å². The molecule has 1 saturated heterocycles. The Bertz CT molecular complexity index is 703. The molecule has 1 aromatic heterocycles. The van der Waals surface area contributed by atoms with Crippen molar-refractivity contribution in [2.24, 2.45) is 0 Å². The minimum absolute atomic E-state index is 0.0284. The predicted molar refractivity (Wildman–Crippen MR) is 80.1 cm³/mol. The van der Waals surface area contributed by atoms with Gasteiger partial charge in [-0.2, -0.15) is 0 Å². The third-order valence-electron chi connectivity index (χ3n) is 3.74. The van der Waals surface area contributed by atoms with Crippen molar-refractivity contribution in [3.05, 3.63) is 29.4 Å². The average molecular weight is 323 g/mol. The van der Waals surface area contributed by atoms with Crippen LogP contribution in [-0.4, -0.2) is 45.8 Å². The lowest BCUT2D eigenvalue weighted by molar-refractivity contribution is -0.139. The quantitative estimate of drug-likeness (QED) is 0.888. The zero-order valence-electron chi connectivity index (χ0n) is 11.9. The zero-order valence-corrected chi connectivity index (χ0v) is 12.6. The number of halogens is 1. The summed E-state index contributed by atoms with van der Waals surface area (Å²) in [6.45, 7) is 0.552. The molecule has 2 aromatic rings. The second-order valence-electron chi connectivity index (χ2n) is 5.12. The maximum atomic E-state index is 11.0. The van der Waals surface area contributed by atoms with Crippen LogP contribution in [-0.2, 0) is 4.79 Å². The maximum absolute atomic E-state index is 11.0. The number of carboxylic acids is 1. The van der Waals surface area contributed by atoms with Gasteiger partial charge in [-0.1, -0.05) is 16.8 Å². The van der Waals surface area contributed by atoms with Gasteiger partial charge in [-0.25, -0.2) is 4.68 Å². The average Bonchev–Trinajstić information content (AvgIpc) is 3.15. The molecule has 2 N–H and O–H groups in total. The fourth-order valence-electron chi connectivity index (χ4n) is 2.52. The van der Waals surface area contributed by atoms with Crippen LogP contribution in [0.4, 0.5) is 0 Å². The number of nitrogens with zero attached hydrogens (tertiary/aromatic N) is 3. The topological polar surface area (TPSA) is 89.3 Å². The summed E-state index contributed by atoms with van der Waals surface area (Å²) in [7, 11) is 1.58. The van der Waals surface area contributed by atoms with E-state index in [1.54, 1.807) is 30.1 Å². The molecule has 3 rings (SSSR count). The Kier molecular flexibility index (Phi) is 4.00. The number of ether oxygens (including phenoxy) is 1. The van der Waals surface area contributed by atoms with Gasteiger partial charge in [0.15, 0.2) is 0 Å². The van der Waals surface area contributed by atoms with Gasteiger partial charge in [0.05, 0.1) is 24.4 Å². The highest BCUT2D eigenvalue weighted by Gasteiger charge is 2.31. The summed E-state index contributed by atoms with van der Waals surface area (Å²) in [4.78, 5) is 11.0. The fourth-order valence-corrected chi connectivity index (χ4v) is 2.78. The molecule has 8 heteroatoms. The normalized spacial score (nSPS) is 21.0. The zero-order chi connectivity index (χ0) is 15.7. The minimum Gasteiger partial charge on any atom is -0.497 e. The molecule has 0 bridgehead atoms. The van der Waals surface area contributed by atoms with Crippen LogP contribution in [0.3, 0.4) is 0 Å². The number of methoxy groups -OCH3 is 1. The Morgan fingerprint density at radius 1 is 1.55 bits per heavy atom. The maximum Gasteiger partial charge on any atom is 0.320 e. The molecular formula is C14H15ClN4O3. The lowest BCUT2D eigenvalue weighted by Crippen LogP contribution is -2.29. The van der Waals surface area contributed by atoms with E-state index in [-0.39, 0.29) is 6.04 Å². The van der Waals surface area contributed by atoms with Gasteiger partial charge in [0.2, 0.25) is 0 Å². The molecule has 22 heavy (non-hydrogen) atoms. The Hall–Kier alpha value is -2.12. The first-order valence-electron chi connectivity index (χ1n) is 6.80. The molecule has 0 saturated carbocycles. The van der Waals surface area contributed by atoms with Gasteiger partial charge in [-0.3, -0.25) is 4.79 Å². The fraction of sp³-hybridized carbons (Fsp3) is 0.357. The molecule has 1 aliphatic heterocycles. The minimum atomic E-state index is -0.846. The smallest absolute Gasteiger partial charge is 0.320 e. The van der Waals surface area contributed by atoms with Gasteiger partial charge >= 0.3 is 5.97 Å². The number of hydrogen-bond acceptors (Lipinski definition) is 5. The molecule has 1 aromatic carbocycles. The van der Waals surface area contributed by atoms with Crippen molar-refractivity contribution >= 4 is 17.6 Å². The van der Waals surface area contributed by atoms with Crippen molar-refractivity contribution in [1.29, 1.82) is 0 Å². The van der Waals surface area contributed by atoms with Crippen molar-refractivity contribution in [3.8, 4) is 17.0 Å². The number of aliphatic carboxylic acids is 1. The Morgan fingerprint density at radius 2 is 2.36 bits per heavy atom. The summed E-state index contributed by atoms with van der Waals surface area (Å²) in [5.74, 6) is -0.175. The van der Waals surface area contributed by atoms with Gasteiger partial charge in [-0.15, -0.1) is 5.10 Å². The summed E-state index contributed by atoms with van der Waals surface area (Å²) in [5.41, 5.74) is 1.40. The van der Waals surface area contributed by atoms with Crippen molar-refractivity contribution in [3.63, 3.8) is 0 Å². The molecule has 1 fully saturated rings. The predicted octanol–water partition coefficient (Wildman–Crippen LogP) is 1.59. The summed E-state index contributed by atoms with van der Waals surface area (Å²) < 4.78 is 6.80. The lowest BCUT2D eigenvalue weighted by Gasteiger charge is -2.07. The van der Waals surface area contributed by atoms with E-state index in [1.807, 2.05) is 6.07 Å². The van der Waals surface area contributed by atoms with Crippen LogP contribution in [0.2, 0.25) is 5.02 Å². The highest BCUT2D eigenvalue weighted by atomic mass is 35.5. The number of rotatable bonds is 4. The largest absolute Gasteiger partial charge is 0.497 e. The molecule has 2 atom stereocenters. The van der Waals surface area contributed by atoms with Crippen LogP contribution in [0.1, 0.15) is 12.5 Å². The van der Waals surface area contributed by atoms with E-state index in [9.17, 15) is 4.79 Å². The monoisotopic (exact) mass is 322 g/mol. The molecule has 7 nitrogen and oxygen atoms in total. The molecule has 2 heterocycles. The molecular weight excluding hydrogens is 308 g/mol. The Labute approximate surface area is 131 Å². The number of carboxylic acid groups (broad SMARTS) is 1. The van der Waals surface area contributed by atoms with E-state index in [0.717, 1.165) is 5.56 Å². The Morgan fingerprint density at radius 3 is 3.00 bits per heavy atom. The van der Waals surface area contributed by atoms with E-state index in [4.69, 9.17) is 21.4 Å². The summed E-state index contributed by atoms with van der Waals surface area (Å²) in [6.07, 6.45) is 2.26. The van der Waals surface area contributed by atoms with E-state index in [0.29, 0.717) is 29.4 Å². The SMILES string of the molecule is COc1ccc(-c2cn([C@@H]3CN[C@H](C(=O)O)C3)nn2)c(Cl)c1. The number of aromatic nitrogens is 3. The first kappa shape index (κ1) is 14.8. The lowest BCUT2D eigenvalue weighted by atomic mass is 10.1. The van der Waals surface area contributed by atoms with Crippen molar-refractivity contribution < 1.29 is 14.6 Å². The molecule has 0 amide bonds. The van der Waals surface area contributed by atoms with E-state index in [2.05, 4.69) is 15.6 Å². The van der Waals surface area contributed by atoms with Crippen LogP contribution in [0.25, 0.3) is 11.3 Å². The summed E-state index contributed by atoms with van der Waals surface area (Å²) in [5, 5.41) is 20.7. The van der Waals surface area contributed by atoms with E-state index < -0.39 is 12.0 Å². The first-order valence-corrected chi connectivity index (χ1v) is 7.18. The summed E-state index contributed by atoms with van der Waals surface area (Å²) >= 11 is 6.23. The molecule has 0 spiro atoms. The number of nitrogens with one attached hydrogen (secondary N) is 1. The second-order valence-corrected chi connectivity index (χ2v) is 5.53. The van der Waals surface area contributed by atoms with Gasteiger partial charge in [0, 0.05) is 12.1 Å². The van der Waals surface area contributed by atoms with E-state index in [1.165, 1.54) is 0 Å². The molecule has 0 unspecified atom stereocenters. The van der Waals surface area contributed by atoms with Crippen LogP contribution in [0.15, 0.2) is 24.4 Å². The van der Waals surface area contributed by atoms with Gasteiger partial charge in [-0.05, 0) is 24.6 Å². The third-order valence-corrected chi connectivity index (χ3v) is 4.06. The van der Waals surface area contributed by atoms with Gasteiger partial charge < -0.3 is 15.2 Å². The van der Waals surface area contributed by atoms with Crippen molar-refractivity contribution in [2.75, 3.05) is 13.7 Å². The second kappa shape index (κ2) is 5.94. The van der Waals surface area contributed by atoms with Gasteiger partial charge in [0.25, 0.3) is 0 Å². The number of benzene rings is 1. The van der Waals surface area contributed by atoms with Crippen molar-refractivity contribution in [2.45, 2.75) is 18.5 Å². The molecule has 1 aliphatic rings. The van der Waals surface area contributed by atoms with Crippen LogP contribution < -0.4 is 10.1 Å².